The normalized spacial score (nSPS) is 25.0. The van der Waals surface area contributed by atoms with Gasteiger partial charge in [-0.3, -0.25) is 14.0 Å². The summed E-state index contributed by atoms with van der Waals surface area (Å²) < 4.78 is 32.9. The summed E-state index contributed by atoms with van der Waals surface area (Å²) in [6, 6.07) is 7.06. The molecule has 0 saturated carbocycles. The summed E-state index contributed by atoms with van der Waals surface area (Å²) in [5.74, 6) is 3.68. The molecule has 3 aromatic rings. The molecule has 0 bridgehead atoms. The van der Waals surface area contributed by atoms with Crippen LogP contribution in [0, 0.1) is 5.82 Å². The Hall–Kier alpha value is -3.77. The van der Waals surface area contributed by atoms with Crippen molar-refractivity contribution in [2.75, 3.05) is 47.6 Å². The van der Waals surface area contributed by atoms with E-state index in [2.05, 4.69) is 45.2 Å². The summed E-state index contributed by atoms with van der Waals surface area (Å²) in [5.41, 5.74) is 8.01. The number of carbonyl (C=O) groups is 1. The van der Waals surface area contributed by atoms with Crippen molar-refractivity contribution >= 4 is 55.5 Å². The van der Waals surface area contributed by atoms with Crippen LogP contribution in [0.5, 0.6) is 6.01 Å². The minimum Gasteiger partial charge on any atom is -0.460 e. The smallest absolute Gasteiger partial charge is 0.317 e. The van der Waals surface area contributed by atoms with Crippen molar-refractivity contribution in [2.45, 2.75) is 44.9 Å². The maximum Gasteiger partial charge on any atom is 0.317 e. The van der Waals surface area contributed by atoms with Gasteiger partial charge in [0.2, 0.25) is 0 Å². The first-order valence-corrected chi connectivity index (χ1v) is 15.7. The molecule has 0 spiro atoms. The molecule has 1 amide bonds. The predicted octanol–water partition coefficient (Wildman–Crippen LogP) is 3.10. The summed E-state index contributed by atoms with van der Waals surface area (Å²) in [5, 5.41) is 7.02. The predicted molar refractivity (Wildman–Crippen MR) is 165 cm³/mol. The number of carbonyl (C=O) groups excluding carboxylic acids is 1. The highest BCUT2D eigenvalue weighted by atomic mass is 32.2. The Kier molecular flexibility index (Phi) is 8.14. The van der Waals surface area contributed by atoms with Gasteiger partial charge in [-0.2, -0.15) is 4.98 Å². The van der Waals surface area contributed by atoms with E-state index in [1.165, 1.54) is 12.3 Å². The second-order valence-corrected chi connectivity index (χ2v) is 13.7. The van der Waals surface area contributed by atoms with Crippen LogP contribution in [-0.2, 0) is 9.52 Å². The van der Waals surface area contributed by atoms with Crippen LogP contribution in [0.2, 0.25) is 0 Å². The van der Waals surface area contributed by atoms with Crippen LogP contribution in [0.1, 0.15) is 42.6 Å². The van der Waals surface area contributed by atoms with Gasteiger partial charge in [-0.05, 0) is 66.3 Å². The van der Waals surface area contributed by atoms with Crippen LogP contribution in [0.4, 0.5) is 21.5 Å². The summed E-state index contributed by atoms with van der Waals surface area (Å²) in [6.45, 7) is 5.82. The number of piperazine rings is 1. The van der Waals surface area contributed by atoms with Crippen molar-refractivity contribution in [2.24, 2.45) is 4.99 Å². The third kappa shape index (κ3) is 6.43. The summed E-state index contributed by atoms with van der Waals surface area (Å²) in [6.07, 6.45) is 4.13. The van der Waals surface area contributed by atoms with E-state index < -0.39 is 21.2 Å². The number of hydrogen-bond acceptors (Lipinski definition) is 9. The lowest BCUT2D eigenvalue weighted by Crippen LogP contribution is -2.54. The Morgan fingerprint density at radius 2 is 1.98 bits per heavy atom. The fourth-order valence-electron chi connectivity index (χ4n) is 5.49. The fraction of sp³-hybridized carbons (Fsp3) is 0.414. The lowest BCUT2D eigenvalue weighted by molar-refractivity contribution is 0.102. The highest BCUT2D eigenvalue weighted by Gasteiger charge is 2.26. The molecule has 2 aromatic carbocycles. The fourth-order valence-corrected chi connectivity index (χ4v) is 7.08. The largest absolute Gasteiger partial charge is 0.460 e. The van der Waals surface area contributed by atoms with Crippen molar-refractivity contribution in [3.63, 3.8) is 0 Å². The zero-order valence-electron chi connectivity index (χ0n) is 23.5. The monoisotopic (exact) mass is 581 g/mol. The molecule has 2 saturated heterocycles. The molecule has 3 heterocycles. The maximum atomic E-state index is 14.5. The lowest BCUT2D eigenvalue weighted by atomic mass is 10.0. The molecule has 218 valence electrons. The van der Waals surface area contributed by atoms with E-state index in [1.807, 2.05) is 6.07 Å². The standard InChI is InChI=1S/C29H36FN7O3S/c1-17-15-37(16-18(2)34-17)25-6-5-22(28(38)35-20-11-19(13-32-3)26(31)24(30)12-20)27-23(25)14-33-29(36-27)40-21-7-9-41(4,39)10-8-21/h5-6,11-14,17-18,21,34H,4,7-10,15-16,31H2,1-3H3,(H,35,38)/t17-,18?,21?,41?/m1/s1. The second-order valence-electron chi connectivity index (χ2n) is 10.9. The number of ether oxygens (including phenoxy) is 1. The number of nitrogens with zero attached hydrogens (tertiary/aromatic N) is 4. The minimum atomic E-state index is -2.06. The number of nitrogens with one attached hydrogen (secondary N) is 2. The molecule has 2 atom stereocenters. The number of aromatic nitrogens is 2. The first-order valence-electron chi connectivity index (χ1n) is 13.7. The number of fused-ring (bicyclic) bond motifs is 1. The van der Waals surface area contributed by atoms with E-state index >= 15 is 0 Å². The van der Waals surface area contributed by atoms with Crippen LogP contribution in [0.25, 0.3) is 10.9 Å². The molecule has 41 heavy (non-hydrogen) atoms. The van der Waals surface area contributed by atoms with E-state index in [0.29, 0.717) is 46.4 Å². The van der Waals surface area contributed by atoms with E-state index in [0.717, 1.165) is 18.8 Å². The summed E-state index contributed by atoms with van der Waals surface area (Å²) in [4.78, 5) is 29.0. The van der Waals surface area contributed by atoms with Crippen LogP contribution in [0.15, 0.2) is 35.5 Å². The minimum absolute atomic E-state index is 0.0465. The zero-order chi connectivity index (χ0) is 29.3. The maximum absolute atomic E-state index is 14.5. The number of halogens is 1. The van der Waals surface area contributed by atoms with E-state index in [9.17, 15) is 13.4 Å². The van der Waals surface area contributed by atoms with E-state index in [1.54, 1.807) is 25.4 Å². The van der Waals surface area contributed by atoms with Gasteiger partial charge in [0.1, 0.15) is 11.9 Å². The van der Waals surface area contributed by atoms with Gasteiger partial charge < -0.3 is 26.0 Å². The van der Waals surface area contributed by atoms with Gasteiger partial charge in [0, 0.05) is 78.5 Å². The first-order chi connectivity index (χ1) is 19.5. The molecular weight excluding hydrogens is 545 g/mol. The molecule has 10 nitrogen and oxygen atoms in total. The van der Waals surface area contributed by atoms with Crippen molar-refractivity contribution in [3.05, 3.63) is 47.4 Å². The van der Waals surface area contributed by atoms with E-state index in [4.69, 9.17) is 15.5 Å². The number of hydrogen-bond donors (Lipinski definition) is 3. The van der Waals surface area contributed by atoms with Gasteiger partial charge in [0.25, 0.3) is 5.91 Å². The SMILES string of the molecule is C=S1(=O)CCC(Oc2ncc3c(N4CC(C)N[C@H](C)C4)ccc(C(=O)Nc4cc(F)c(N)c(C=NC)c4)c3n2)CC1. The molecular formula is C29H36FN7O3S. The Balaban J connectivity index is 1.52. The average Bonchev–Trinajstić information content (AvgIpc) is 2.91. The van der Waals surface area contributed by atoms with Crippen molar-refractivity contribution in [1.82, 2.24) is 15.3 Å². The Bertz CT molecular complexity index is 1590. The molecule has 2 aliphatic rings. The van der Waals surface area contributed by atoms with Crippen molar-refractivity contribution in [1.29, 1.82) is 0 Å². The molecule has 2 aliphatic heterocycles. The van der Waals surface area contributed by atoms with Crippen LogP contribution < -0.4 is 26.0 Å². The third-order valence-electron chi connectivity index (χ3n) is 7.43. The van der Waals surface area contributed by atoms with Crippen LogP contribution in [0.3, 0.4) is 0 Å². The quantitative estimate of drug-likeness (QED) is 0.230. The summed E-state index contributed by atoms with van der Waals surface area (Å²) >= 11 is 0. The highest BCUT2D eigenvalue weighted by Crippen LogP contribution is 2.32. The van der Waals surface area contributed by atoms with Gasteiger partial charge in [-0.15, -0.1) is 0 Å². The number of aliphatic imine (C=N–C) groups is 1. The van der Waals surface area contributed by atoms with Crippen LogP contribution in [-0.4, -0.2) is 82.0 Å². The van der Waals surface area contributed by atoms with Gasteiger partial charge >= 0.3 is 6.01 Å². The third-order valence-corrected chi connectivity index (χ3v) is 9.39. The van der Waals surface area contributed by atoms with Crippen molar-refractivity contribution in [3.8, 4) is 6.01 Å². The molecule has 0 aliphatic carbocycles. The number of nitrogen functional groups attached to an aromatic ring is 1. The Morgan fingerprint density at radius 3 is 2.66 bits per heavy atom. The van der Waals surface area contributed by atoms with E-state index in [-0.39, 0.29) is 35.6 Å². The second kappa shape index (κ2) is 11.6. The van der Waals surface area contributed by atoms with Gasteiger partial charge in [-0.1, -0.05) is 0 Å². The van der Waals surface area contributed by atoms with Crippen molar-refractivity contribution < 1.29 is 18.1 Å². The average molecular weight is 582 g/mol. The highest BCUT2D eigenvalue weighted by molar-refractivity contribution is 8.00. The zero-order valence-corrected chi connectivity index (χ0v) is 24.3. The number of anilines is 3. The number of nitrogens with two attached hydrogens (primary N) is 1. The topological polar surface area (TPSA) is 135 Å². The number of rotatable bonds is 6. The van der Waals surface area contributed by atoms with Crippen LogP contribution >= 0.6 is 0 Å². The molecule has 0 radical (unpaired) electrons. The molecule has 2 fully saturated rings. The van der Waals surface area contributed by atoms with Gasteiger partial charge in [0.05, 0.1) is 16.8 Å². The first kappa shape index (κ1) is 28.7. The van der Waals surface area contributed by atoms with Gasteiger partial charge in [-0.25, -0.2) is 9.37 Å². The molecule has 1 unspecified atom stereocenters. The Labute approximate surface area is 239 Å². The number of benzene rings is 2. The lowest BCUT2D eigenvalue weighted by Gasteiger charge is -2.38. The summed E-state index contributed by atoms with van der Waals surface area (Å²) in [7, 11) is -0.501. The Morgan fingerprint density at radius 1 is 1.27 bits per heavy atom. The molecule has 4 N–H and O–H groups in total. The number of amides is 1. The molecule has 5 rings (SSSR count). The van der Waals surface area contributed by atoms with Gasteiger partial charge in [0.15, 0.2) is 0 Å². The molecule has 1 aromatic heterocycles. The molecule has 12 heteroatoms.